The number of rotatable bonds is 5. The first-order chi connectivity index (χ1) is 6.26. The molecule has 1 saturated heterocycles. The Morgan fingerprint density at radius 2 is 2.00 bits per heavy atom. The number of hydrogen-bond acceptors (Lipinski definition) is 2. The molecular weight excluding hydrogens is 162 g/mol. The average molecular weight is 181 g/mol. The lowest BCUT2D eigenvalue weighted by atomic mass is 9.79. The summed E-state index contributed by atoms with van der Waals surface area (Å²) in [6, 6.07) is 0.264. The predicted molar refractivity (Wildman–Crippen MR) is 55.6 cm³/mol. The summed E-state index contributed by atoms with van der Waals surface area (Å²) in [4.78, 5) is 0. The van der Waals surface area contributed by atoms with Crippen LogP contribution in [0.5, 0.6) is 0 Å². The molecule has 1 atom stereocenters. The van der Waals surface area contributed by atoms with Crippen molar-refractivity contribution in [1.29, 1.82) is 0 Å². The number of nitrogens with one attached hydrogen (secondary N) is 1. The maximum Gasteiger partial charge on any atom is 0.0584 e. The highest BCUT2D eigenvalue weighted by Gasteiger charge is 2.36. The molecule has 2 nitrogen and oxygen atoms in total. The zero-order valence-electron chi connectivity index (χ0n) is 8.13. The van der Waals surface area contributed by atoms with Gasteiger partial charge < -0.3 is 10.4 Å². The van der Waals surface area contributed by atoms with Crippen LogP contribution in [0, 0.1) is 5.41 Å². The first-order valence-corrected chi connectivity index (χ1v) is 4.82. The molecule has 1 aliphatic heterocycles. The zero-order chi connectivity index (χ0) is 9.73. The Balaban J connectivity index is 2.58. The molecule has 0 radical (unpaired) electrons. The molecule has 0 amide bonds. The van der Waals surface area contributed by atoms with Crippen LogP contribution in [-0.4, -0.2) is 24.3 Å². The van der Waals surface area contributed by atoms with Crippen molar-refractivity contribution in [2.24, 2.45) is 5.41 Å². The van der Waals surface area contributed by atoms with Crippen LogP contribution in [-0.2, 0) is 0 Å². The molecule has 0 spiro atoms. The van der Waals surface area contributed by atoms with Gasteiger partial charge in [0.25, 0.3) is 0 Å². The molecule has 0 aromatic rings. The minimum Gasteiger partial charge on any atom is -0.395 e. The van der Waals surface area contributed by atoms with Crippen molar-refractivity contribution in [2.75, 3.05) is 13.2 Å². The topological polar surface area (TPSA) is 32.3 Å². The van der Waals surface area contributed by atoms with Gasteiger partial charge in [-0.3, -0.25) is 0 Å². The van der Waals surface area contributed by atoms with Gasteiger partial charge in [-0.15, -0.1) is 13.2 Å². The molecule has 1 fully saturated rings. The quantitative estimate of drug-likeness (QED) is 0.630. The number of allylic oxidation sites excluding steroid dienone is 2. The Hall–Kier alpha value is -0.600. The Labute approximate surface area is 80.3 Å². The Morgan fingerprint density at radius 3 is 2.38 bits per heavy atom. The van der Waals surface area contributed by atoms with E-state index in [1.807, 2.05) is 12.2 Å². The third-order valence-electron chi connectivity index (χ3n) is 2.82. The van der Waals surface area contributed by atoms with E-state index in [2.05, 4.69) is 18.5 Å². The maximum absolute atomic E-state index is 9.02. The zero-order valence-corrected chi connectivity index (χ0v) is 8.13. The van der Waals surface area contributed by atoms with Gasteiger partial charge in [0.1, 0.15) is 0 Å². The number of aliphatic hydroxyl groups excluding tert-OH is 1. The third kappa shape index (κ3) is 2.42. The molecule has 13 heavy (non-hydrogen) atoms. The molecule has 0 aliphatic carbocycles. The summed E-state index contributed by atoms with van der Waals surface area (Å²) in [5.74, 6) is 0. The Kier molecular flexibility index (Phi) is 3.70. The molecule has 1 rings (SSSR count). The van der Waals surface area contributed by atoms with Crippen LogP contribution in [0.15, 0.2) is 25.3 Å². The van der Waals surface area contributed by atoms with Crippen LogP contribution in [0.1, 0.15) is 19.3 Å². The van der Waals surface area contributed by atoms with Crippen molar-refractivity contribution in [1.82, 2.24) is 5.32 Å². The minimum atomic E-state index is 0.232. The predicted octanol–water partition coefficient (Wildman–Crippen LogP) is 1.48. The van der Waals surface area contributed by atoms with Crippen LogP contribution >= 0.6 is 0 Å². The van der Waals surface area contributed by atoms with Crippen molar-refractivity contribution < 1.29 is 5.11 Å². The summed E-state index contributed by atoms with van der Waals surface area (Å²) < 4.78 is 0. The molecule has 74 valence electrons. The summed E-state index contributed by atoms with van der Waals surface area (Å²) in [7, 11) is 0. The normalized spacial score (nSPS) is 25.8. The van der Waals surface area contributed by atoms with Gasteiger partial charge in [-0.1, -0.05) is 12.2 Å². The molecule has 0 aromatic carbocycles. The van der Waals surface area contributed by atoms with Crippen LogP contribution in [0.2, 0.25) is 0 Å². The van der Waals surface area contributed by atoms with E-state index in [-0.39, 0.29) is 18.1 Å². The largest absolute Gasteiger partial charge is 0.395 e. The summed E-state index contributed by atoms with van der Waals surface area (Å²) in [6.45, 7) is 8.76. The van der Waals surface area contributed by atoms with Gasteiger partial charge in [0.05, 0.1) is 6.61 Å². The van der Waals surface area contributed by atoms with Crippen molar-refractivity contribution >= 4 is 0 Å². The van der Waals surface area contributed by atoms with Gasteiger partial charge in [0, 0.05) is 12.6 Å². The van der Waals surface area contributed by atoms with E-state index in [9.17, 15) is 0 Å². The van der Waals surface area contributed by atoms with Gasteiger partial charge in [0.2, 0.25) is 0 Å². The van der Waals surface area contributed by atoms with E-state index in [0.717, 1.165) is 25.8 Å². The van der Waals surface area contributed by atoms with E-state index >= 15 is 0 Å². The highest BCUT2D eigenvalue weighted by molar-refractivity contribution is 5.00. The molecule has 1 unspecified atom stereocenters. The second-order valence-corrected chi connectivity index (χ2v) is 3.95. The molecule has 0 saturated carbocycles. The number of hydrogen-bond donors (Lipinski definition) is 2. The Morgan fingerprint density at radius 1 is 1.38 bits per heavy atom. The fraction of sp³-hybridized carbons (Fsp3) is 0.636. The van der Waals surface area contributed by atoms with E-state index in [4.69, 9.17) is 5.11 Å². The lowest BCUT2D eigenvalue weighted by Gasteiger charge is -2.25. The SMILES string of the molecule is C=CCC1(CC=C)CNC(CO)C1. The fourth-order valence-electron chi connectivity index (χ4n) is 2.16. The van der Waals surface area contributed by atoms with Crippen LogP contribution in [0.3, 0.4) is 0 Å². The standard InChI is InChI=1S/C11H19NO/c1-3-5-11(6-4-2)7-10(8-13)12-9-11/h3-4,10,12-13H,1-2,5-9H2. The minimum absolute atomic E-state index is 0.232. The molecule has 0 aromatic heterocycles. The van der Waals surface area contributed by atoms with E-state index in [0.29, 0.717) is 0 Å². The van der Waals surface area contributed by atoms with Crippen molar-refractivity contribution in [3.8, 4) is 0 Å². The van der Waals surface area contributed by atoms with E-state index < -0.39 is 0 Å². The fourth-order valence-corrected chi connectivity index (χ4v) is 2.16. The second kappa shape index (κ2) is 4.58. The van der Waals surface area contributed by atoms with Crippen molar-refractivity contribution in [3.05, 3.63) is 25.3 Å². The molecule has 1 aliphatic rings. The first-order valence-electron chi connectivity index (χ1n) is 4.82. The third-order valence-corrected chi connectivity index (χ3v) is 2.82. The highest BCUT2D eigenvalue weighted by atomic mass is 16.3. The van der Waals surface area contributed by atoms with E-state index in [1.54, 1.807) is 0 Å². The van der Waals surface area contributed by atoms with Gasteiger partial charge in [-0.2, -0.15) is 0 Å². The van der Waals surface area contributed by atoms with Crippen LogP contribution in [0.4, 0.5) is 0 Å². The Bertz CT molecular complexity index is 179. The van der Waals surface area contributed by atoms with Gasteiger partial charge in [-0.25, -0.2) is 0 Å². The van der Waals surface area contributed by atoms with Crippen molar-refractivity contribution in [2.45, 2.75) is 25.3 Å². The van der Waals surface area contributed by atoms with Crippen LogP contribution in [0.25, 0.3) is 0 Å². The van der Waals surface area contributed by atoms with Gasteiger partial charge in [0.15, 0.2) is 0 Å². The number of aliphatic hydroxyl groups is 1. The maximum atomic E-state index is 9.02. The summed E-state index contributed by atoms with van der Waals surface area (Å²) in [5, 5.41) is 12.3. The lowest BCUT2D eigenvalue weighted by Crippen LogP contribution is -2.25. The second-order valence-electron chi connectivity index (χ2n) is 3.95. The summed E-state index contributed by atoms with van der Waals surface area (Å²) in [6.07, 6.45) is 6.96. The molecule has 1 heterocycles. The molecule has 0 bridgehead atoms. The molecule has 2 heteroatoms. The van der Waals surface area contributed by atoms with E-state index in [1.165, 1.54) is 0 Å². The highest BCUT2D eigenvalue weighted by Crippen LogP contribution is 2.36. The monoisotopic (exact) mass is 181 g/mol. The smallest absolute Gasteiger partial charge is 0.0584 e. The van der Waals surface area contributed by atoms with Gasteiger partial charge in [-0.05, 0) is 24.7 Å². The van der Waals surface area contributed by atoms with Crippen molar-refractivity contribution in [3.63, 3.8) is 0 Å². The lowest BCUT2D eigenvalue weighted by molar-refractivity contribution is 0.240. The summed E-state index contributed by atoms with van der Waals surface area (Å²) >= 11 is 0. The van der Waals surface area contributed by atoms with Gasteiger partial charge >= 0.3 is 0 Å². The van der Waals surface area contributed by atoms with Crippen LogP contribution < -0.4 is 5.32 Å². The molecule has 2 N–H and O–H groups in total. The summed E-state index contributed by atoms with van der Waals surface area (Å²) in [5.41, 5.74) is 0.261. The first kappa shape index (κ1) is 10.5. The molecular formula is C11H19NO. The average Bonchev–Trinajstić information content (AvgIpc) is 2.50.